The third kappa shape index (κ3) is 4.73. The number of nitrogens with zero attached hydrogens (tertiary/aromatic N) is 1. The van der Waals surface area contributed by atoms with Crippen LogP contribution in [-0.2, 0) is 4.79 Å². The van der Waals surface area contributed by atoms with Gasteiger partial charge in [-0.05, 0) is 43.2 Å². The fourth-order valence-corrected chi connectivity index (χ4v) is 2.36. The van der Waals surface area contributed by atoms with E-state index >= 15 is 0 Å². The summed E-state index contributed by atoms with van der Waals surface area (Å²) in [5, 5.41) is 4.46. The molecule has 1 amide bonds. The minimum Gasteiger partial charge on any atom is -0.496 e. The molecule has 0 aliphatic heterocycles. The lowest BCUT2D eigenvalue weighted by Gasteiger charge is -2.10. The van der Waals surface area contributed by atoms with E-state index in [1.54, 1.807) is 25.3 Å². The van der Waals surface area contributed by atoms with Gasteiger partial charge in [-0.25, -0.2) is 5.43 Å². The minimum absolute atomic E-state index is 0.115. The first-order chi connectivity index (χ1) is 11.5. The molecule has 2 aromatic carbocycles. The number of aryl methyl sites for hydroxylation is 2. The lowest BCUT2D eigenvalue weighted by Crippen LogP contribution is -2.25. The topological polar surface area (TPSA) is 59.9 Å². The number of amides is 1. The van der Waals surface area contributed by atoms with E-state index in [0.717, 1.165) is 11.1 Å². The van der Waals surface area contributed by atoms with Gasteiger partial charge in [0.1, 0.15) is 11.5 Å². The van der Waals surface area contributed by atoms with E-state index in [4.69, 9.17) is 21.1 Å². The van der Waals surface area contributed by atoms with Gasteiger partial charge in [0.05, 0.1) is 13.3 Å². The number of carbonyl (C=O) groups is 1. The first-order valence-electron chi connectivity index (χ1n) is 7.35. The van der Waals surface area contributed by atoms with Crippen molar-refractivity contribution in [2.24, 2.45) is 5.10 Å². The summed E-state index contributed by atoms with van der Waals surface area (Å²) < 4.78 is 10.8. The summed E-state index contributed by atoms with van der Waals surface area (Å²) in [7, 11) is 1.55. The zero-order chi connectivity index (χ0) is 17.5. The SMILES string of the molecule is COc1ccc(Cl)cc1/C=N\NC(=O)COc1c(C)cccc1C. The van der Waals surface area contributed by atoms with Crippen LogP contribution in [0.25, 0.3) is 0 Å². The van der Waals surface area contributed by atoms with Crippen LogP contribution in [0, 0.1) is 13.8 Å². The molecule has 2 rings (SSSR count). The van der Waals surface area contributed by atoms with Crippen LogP contribution in [0.2, 0.25) is 5.02 Å². The number of halogens is 1. The molecular formula is C18H19ClN2O3. The van der Waals surface area contributed by atoms with Gasteiger partial charge < -0.3 is 9.47 Å². The number of carbonyl (C=O) groups excluding carboxylic acids is 1. The molecule has 5 nitrogen and oxygen atoms in total. The van der Waals surface area contributed by atoms with E-state index in [0.29, 0.717) is 22.1 Å². The molecular weight excluding hydrogens is 328 g/mol. The highest BCUT2D eigenvalue weighted by Crippen LogP contribution is 2.22. The molecule has 0 unspecified atom stereocenters. The second kappa shape index (κ2) is 8.36. The van der Waals surface area contributed by atoms with Gasteiger partial charge in [0.2, 0.25) is 0 Å². The Hall–Kier alpha value is -2.53. The molecule has 0 spiro atoms. The molecule has 0 radical (unpaired) electrons. The summed E-state index contributed by atoms with van der Waals surface area (Å²) in [6.07, 6.45) is 1.47. The Morgan fingerprint density at radius 2 is 1.96 bits per heavy atom. The van der Waals surface area contributed by atoms with Gasteiger partial charge in [-0.15, -0.1) is 0 Å². The third-order valence-corrected chi connectivity index (χ3v) is 3.58. The number of hydrogen-bond acceptors (Lipinski definition) is 4. The highest BCUT2D eigenvalue weighted by atomic mass is 35.5. The van der Waals surface area contributed by atoms with E-state index in [2.05, 4.69) is 10.5 Å². The largest absolute Gasteiger partial charge is 0.496 e. The molecule has 126 valence electrons. The van der Waals surface area contributed by atoms with Gasteiger partial charge >= 0.3 is 0 Å². The summed E-state index contributed by atoms with van der Waals surface area (Å²) in [6.45, 7) is 3.75. The minimum atomic E-state index is -0.352. The predicted octanol–water partition coefficient (Wildman–Crippen LogP) is 3.49. The monoisotopic (exact) mass is 346 g/mol. The average molecular weight is 347 g/mol. The maximum absolute atomic E-state index is 11.8. The molecule has 0 aliphatic carbocycles. The van der Waals surface area contributed by atoms with Crippen molar-refractivity contribution in [3.8, 4) is 11.5 Å². The smallest absolute Gasteiger partial charge is 0.277 e. The molecule has 2 aromatic rings. The number of hydrazone groups is 1. The van der Waals surface area contributed by atoms with Gasteiger partial charge in [-0.1, -0.05) is 29.8 Å². The van der Waals surface area contributed by atoms with Crippen LogP contribution in [0.4, 0.5) is 0 Å². The maximum Gasteiger partial charge on any atom is 0.277 e. The van der Waals surface area contributed by atoms with Crippen LogP contribution in [-0.4, -0.2) is 25.8 Å². The number of benzene rings is 2. The molecule has 0 saturated heterocycles. The second-order valence-electron chi connectivity index (χ2n) is 5.19. The highest BCUT2D eigenvalue weighted by Gasteiger charge is 2.07. The van der Waals surface area contributed by atoms with Crippen molar-refractivity contribution in [2.75, 3.05) is 13.7 Å². The summed E-state index contributed by atoms with van der Waals surface area (Å²) >= 11 is 5.94. The van der Waals surface area contributed by atoms with Crippen LogP contribution in [0.3, 0.4) is 0 Å². The lowest BCUT2D eigenvalue weighted by atomic mass is 10.1. The van der Waals surface area contributed by atoms with Crippen molar-refractivity contribution in [1.29, 1.82) is 0 Å². The van der Waals surface area contributed by atoms with Gasteiger partial charge in [0.25, 0.3) is 5.91 Å². The van der Waals surface area contributed by atoms with E-state index in [1.807, 2.05) is 32.0 Å². The van der Waals surface area contributed by atoms with Crippen molar-refractivity contribution in [3.05, 3.63) is 58.1 Å². The van der Waals surface area contributed by atoms with Crippen LogP contribution in [0.15, 0.2) is 41.5 Å². The van der Waals surface area contributed by atoms with Crippen molar-refractivity contribution in [2.45, 2.75) is 13.8 Å². The molecule has 0 fully saturated rings. The Morgan fingerprint density at radius 3 is 2.62 bits per heavy atom. The molecule has 0 aliphatic rings. The zero-order valence-electron chi connectivity index (χ0n) is 13.8. The Morgan fingerprint density at radius 1 is 1.25 bits per heavy atom. The van der Waals surface area contributed by atoms with Gasteiger partial charge in [0.15, 0.2) is 6.61 Å². The van der Waals surface area contributed by atoms with Crippen LogP contribution in [0.5, 0.6) is 11.5 Å². The molecule has 0 bridgehead atoms. The van der Waals surface area contributed by atoms with Crippen LogP contribution >= 0.6 is 11.6 Å². The fourth-order valence-electron chi connectivity index (χ4n) is 2.18. The van der Waals surface area contributed by atoms with Crippen LogP contribution < -0.4 is 14.9 Å². The van der Waals surface area contributed by atoms with Gasteiger partial charge in [-0.2, -0.15) is 5.10 Å². The number of hydrogen-bond donors (Lipinski definition) is 1. The van der Waals surface area contributed by atoms with Crippen molar-refractivity contribution < 1.29 is 14.3 Å². The van der Waals surface area contributed by atoms with Gasteiger partial charge in [0, 0.05) is 10.6 Å². The van der Waals surface area contributed by atoms with E-state index in [9.17, 15) is 4.79 Å². The second-order valence-corrected chi connectivity index (χ2v) is 5.63. The Labute approximate surface area is 146 Å². The molecule has 0 saturated carbocycles. The molecule has 6 heteroatoms. The fraction of sp³-hybridized carbons (Fsp3) is 0.222. The third-order valence-electron chi connectivity index (χ3n) is 3.34. The van der Waals surface area contributed by atoms with Crippen molar-refractivity contribution >= 4 is 23.7 Å². The number of para-hydroxylation sites is 1. The summed E-state index contributed by atoms with van der Waals surface area (Å²) in [5.41, 5.74) is 5.05. The zero-order valence-corrected chi connectivity index (χ0v) is 14.6. The molecule has 1 N–H and O–H groups in total. The number of methoxy groups -OCH3 is 1. The lowest BCUT2D eigenvalue weighted by molar-refractivity contribution is -0.123. The molecule has 0 aromatic heterocycles. The normalized spacial score (nSPS) is 10.7. The number of ether oxygens (including phenoxy) is 2. The van der Waals surface area contributed by atoms with E-state index in [-0.39, 0.29) is 12.5 Å². The van der Waals surface area contributed by atoms with E-state index in [1.165, 1.54) is 6.21 Å². The summed E-state index contributed by atoms with van der Waals surface area (Å²) in [5.74, 6) is 0.979. The summed E-state index contributed by atoms with van der Waals surface area (Å²) in [4.78, 5) is 11.8. The maximum atomic E-state index is 11.8. The highest BCUT2D eigenvalue weighted by molar-refractivity contribution is 6.30. The number of nitrogens with one attached hydrogen (secondary N) is 1. The van der Waals surface area contributed by atoms with E-state index < -0.39 is 0 Å². The Kier molecular flexibility index (Phi) is 6.21. The first-order valence-corrected chi connectivity index (χ1v) is 7.73. The molecule has 24 heavy (non-hydrogen) atoms. The molecule has 0 atom stereocenters. The van der Waals surface area contributed by atoms with Crippen molar-refractivity contribution in [1.82, 2.24) is 5.43 Å². The molecule has 0 heterocycles. The average Bonchev–Trinajstić information content (AvgIpc) is 2.54. The predicted molar refractivity (Wildman–Crippen MR) is 95.2 cm³/mol. The summed E-state index contributed by atoms with van der Waals surface area (Å²) in [6, 6.07) is 11.0. The van der Waals surface area contributed by atoms with Crippen LogP contribution in [0.1, 0.15) is 16.7 Å². The standard InChI is InChI=1S/C18H19ClN2O3/c1-12-5-4-6-13(2)18(12)24-11-17(22)21-20-10-14-9-15(19)7-8-16(14)23-3/h4-10H,11H2,1-3H3,(H,21,22)/b20-10-. The first kappa shape index (κ1) is 17.8. The van der Waals surface area contributed by atoms with Crippen molar-refractivity contribution in [3.63, 3.8) is 0 Å². The van der Waals surface area contributed by atoms with Gasteiger partial charge in [-0.3, -0.25) is 4.79 Å². The Bertz CT molecular complexity index is 740. The quantitative estimate of drug-likeness (QED) is 0.643. The number of rotatable bonds is 6. The Balaban J connectivity index is 1.93.